The zero-order valence-electron chi connectivity index (χ0n) is 15.3. The van der Waals surface area contributed by atoms with E-state index in [4.69, 9.17) is 0 Å². The number of thiophene rings is 1. The first-order chi connectivity index (χ1) is 13.7. The summed E-state index contributed by atoms with van der Waals surface area (Å²) in [5, 5.41) is 9.09. The molecule has 7 nitrogen and oxygen atoms in total. The van der Waals surface area contributed by atoms with Crippen LogP contribution in [-0.4, -0.2) is 44.6 Å². The van der Waals surface area contributed by atoms with Gasteiger partial charge in [0.15, 0.2) is 5.82 Å². The summed E-state index contributed by atoms with van der Waals surface area (Å²) in [5.74, 6) is 0.773. The van der Waals surface area contributed by atoms with Gasteiger partial charge in [-0.2, -0.15) is 5.10 Å². The van der Waals surface area contributed by atoms with Crippen molar-refractivity contribution in [3.05, 3.63) is 64.7 Å². The number of carbonyl (C=O) groups excluding carboxylic acids is 2. The lowest BCUT2D eigenvalue weighted by Gasteiger charge is -2.31. The van der Waals surface area contributed by atoms with E-state index in [1.54, 1.807) is 17.1 Å². The van der Waals surface area contributed by atoms with E-state index in [2.05, 4.69) is 15.4 Å². The minimum atomic E-state index is -0.0557. The predicted molar refractivity (Wildman–Crippen MR) is 106 cm³/mol. The molecule has 3 aromatic rings. The fourth-order valence-electron chi connectivity index (χ4n) is 3.33. The Morgan fingerprint density at radius 1 is 1.18 bits per heavy atom. The summed E-state index contributed by atoms with van der Waals surface area (Å²) in [6.45, 7) is 1.69. The number of hydrogen-bond acceptors (Lipinski definition) is 5. The Labute approximate surface area is 167 Å². The lowest BCUT2D eigenvalue weighted by molar-refractivity contribution is -0.126. The number of likely N-dealkylation sites (tertiary alicyclic amines) is 1. The molecule has 144 valence electrons. The van der Waals surface area contributed by atoms with E-state index >= 15 is 0 Å². The molecule has 0 aliphatic carbocycles. The number of nitrogens with zero attached hydrogens (tertiary/aromatic N) is 4. The molecule has 1 aliphatic heterocycles. The predicted octanol–water partition coefficient (Wildman–Crippen LogP) is 2.50. The molecule has 0 bridgehead atoms. The molecule has 1 N–H and O–H groups in total. The first-order valence-electron chi connectivity index (χ1n) is 9.26. The SMILES string of the molecule is O=C(NCc1ccnc(-n2cccn2)c1)C1CCN(C(=O)c2cccs2)CC1. The zero-order valence-corrected chi connectivity index (χ0v) is 16.1. The number of carbonyl (C=O) groups is 2. The number of piperidine rings is 1. The lowest BCUT2D eigenvalue weighted by atomic mass is 9.95. The van der Waals surface area contributed by atoms with Gasteiger partial charge in [0.05, 0.1) is 4.88 Å². The molecule has 8 heteroatoms. The number of amides is 2. The Kier molecular flexibility index (Phi) is 5.48. The van der Waals surface area contributed by atoms with E-state index in [0.717, 1.165) is 16.3 Å². The van der Waals surface area contributed by atoms with Crippen LogP contribution in [0.25, 0.3) is 5.82 Å². The van der Waals surface area contributed by atoms with Gasteiger partial charge in [-0.3, -0.25) is 9.59 Å². The highest BCUT2D eigenvalue weighted by Gasteiger charge is 2.28. The average molecular weight is 395 g/mol. The quantitative estimate of drug-likeness (QED) is 0.720. The molecule has 3 aromatic heterocycles. The maximum absolute atomic E-state index is 12.5. The third-order valence-electron chi connectivity index (χ3n) is 4.90. The van der Waals surface area contributed by atoms with Crippen LogP contribution in [0, 0.1) is 5.92 Å². The van der Waals surface area contributed by atoms with Gasteiger partial charge in [-0.15, -0.1) is 11.3 Å². The second-order valence-corrected chi connectivity index (χ2v) is 7.68. The van der Waals surface area contributed by atoms with Crippen molar-refractivity contribution in [3.8, 4) is 5.82 Å². The fraction of sp³-hybridized carbons (Fsp3) is 0.300. The normalized spacial score (nSPS) is 14.8. The molecule has 0 atom stereocenters. The maximum Gasteiger partial charge on any atom is 0.263 e. The standard InChI is InChI=1S/C20H21N5O2S/c26-19(16-5-10-24(11-6-16)20(27)17-3-1-12-28-17)22-14-15-4-8-21-18(13-15)25-9-2-7-23-25/h1-4,7-9,12-13,16H,5-6,10-11,14H2,(H,22,26). The average Bonchev–Trinajstić information content (AvgIpc) is 3.46. The Hall–Kier alpha value is -3.00. The smallest absolute Gasteiger partial charge is 0.263 e. The van der Waals surface area contributed by atoms with E-state index in [0.29, 0.717) is 32.5 Å². The van der Waals surface area contributed by atoms with Crippen molar-refractivity contribution in [2.75, 3.05) is 13.1 Å². The summed E-state index contributed by atoms with van der Waals surface area (Å²) in [5.41, 5.74) is 0.971. The summed E-state index contributed by atoms with van der Waals surface area (Å²) >= 11 is 1.46. The van der Waals surface area contributed by atoms with Gasteiger partial charge in [0, 0.05) is 44.1 Å². The van der Waals surface area contributed by atoms with Crippen LogP contribution in [0.4, 0.5) is 0 Å². The van der Waals surface area contributed by atoms with Crippen molar-refractivity contribution in [3.63, 3.8) is 0 Å². The zero-order chi connectivity index (χ0) is 19.3. The van der Waals surface area contributed by atoms with Gasteiger partial charge in [0.25, 0.3) is 5.91 Å². The van der Waals surface area contributed by atoms with Gasteiger partial charge in [-0.1, -0.05) is 6.07 Å². The Morgan fingerprint density at radius 3 is 2.75 bits per heavy atom. The van der Waals surface area contributed by atoms with Crippen molar-refractivity contribution in [2.45, 2.75) is 19.4 Å². The monoisotopic (exact) mass is 395 g/mol. The maximum atomic E-state index is 12.5. The molecule has 1 aliphatic rings. The highest BCUT2D eigenvalue weighted by atomic mass is 32.1. The molecule has 0 spiro atoms. The first kappa shape index (κ1) is 18.4. The van der Waals surface area contributed by atoms with Gasteiger partial charge in [0.1, 0.15) is 0 Å². The largest absolute Gasteiger partial charge is 0.352 e. The molecule has 4 heterocycles. The Bertz CT molecular complexity index is 931. The Morgan fingerprint density at radius 2 is 2.04 bits per heavy atom. The van der Waals surface area contributed by atoms with E-state index in [9.17, 15) is 9.59 Å². The second-order valence-electron chi connectivity index (χ2n) is 6.73. The number of rotatable bonds is 5. The van der Waals surface area contributed by atoms with Crippen molar-refractivity contribution < 1.29 is 9.59 Å². The van der Waals surface area contributed by atoms with E-state index in [1.165, 1.54) is 11.3 Å². The van der Waals surface area contributed by atoms with Crippen molar-refractivity contribution in [1.29, 1.82) is 0 Å². The summed E-state index contributed by atoms with van der Waals surface area (Å²) < 4.78 is 1.69. The molecule has 4 rings (SSSR count). The van der Waals surface area contributed by atoms with Crippen molar-refractivity contribution in [2.24, 2.45) is 5.92 Å². The fourth-order valence-corrected chi connectivity index (χ4v) is 4.03. The molecule has 0 unspecified atom stereocenters. The van der Waals surface area contributed by atoms with Crippen LogP contribution in [0.2, 0.25) is 0 Å². The molecule has 2 amide bonds. The van der Waals surface area contributed by atoms with Gasteiger partial charge in [-0.25, -0.2) is 9.67 Å². The molecule has 1 fully saturated rings. The number of nitrogens with one attached hydrogen (secondary N) is 1. The Balaban J connectivity index is 1.28. The minimum absolute atomic E-state index is 0.0423. The van der Waals surface area contributed by atoms with Gasteiger partial charge in [0.2, 0.25) is 5.91 Å². The summed E-state index contributed by atoms with van der Waals surface area (Å²) in [6.07, 6.45) is 6.63. The number of pyridine rings is 1. The summed E-state index contributed by atoms with van der Waals surface area (Å²) in [4.78, 5) is 31.8. The molecule has 1 saturated heterocycles. The van der Waals surface area contributed by atoms with Gasteiger partial charge >= 0.3 is 0 Å². The minimum Gasteiger partial charge on any atom is -0.352 e. The molecular formula is C20H21N5O2S. The second kappa shape index (κ2) is 8.35. The van der Waals surface area contributed by atoms with Crippen LogP contribution in [0.15, 0.2) is 54.3 Å². The van der Waals surface area contributed by atoms with E-state index in [-0.39, 0.29) is 17.7 Å². The van der Waals surface area contributed by atoms with Crippen LogP contribution in [0.5, 0.6) is 0 Å². The highest BCUT2D eigenvalue weighted by Crippen LogP contribution is 2.21. The molecule has 0 radical (unpaired) electrons. The van der Waals surface area contributed by atoms with Gasteiger partial charge in [-0.05, 0) is 48.1 Å². The topological polar surface area (TPSA) is 80.1 Å². The van der Waals surface area contributed by atoms with Crippen LogP contribution in [0.3, 0.4) is 0 Å². The third-order valence-corrected chi connectivity index (χ3v) is 5.76. The van der Waals surface area contributed by atoms with Crippen LogP contribution in [0.1, 0.15) is 28.1 Å². The molecule has 0 aromatic carbocycles. The van der Waals surface area contributed by atoms with Gasteiger partial charge < -0.3 is 10.2 Å². The van der Waals surface area contributed by atoms with E-state index < -0.39 is 0 Å². The van der Waals surface area contributed by atoms with Crippen LogP contribution >= 0.6 is 11.3 Å². The number of aromatic nitrogens is 3. The third kappa shape index (κ3) is 4.12. The van der Waals surface area contributed by atoms with Crippen LogP contribution in [-0.2, 0) is 11.3 Å². The summed E-state index contributed by atoms with van der Waals surface area (Å²) in [7, 11) is 0. The van der Waals surface area contributed by atoms with E-state index in [1.807, 2.05) is 46.8 Å². The van der Waals surface area contributed by atoms with Crippen molar-refractivity contribution >= 4 is 23.2 Å². The molecule has 0 saturated carbocycles. The summed E-state index contributed by atoms with van der Waals surface area (Å²) in [6, 6.07) is 9.36. The molecule has 28 heavy (non-hydrogen) atoms. The lowest BCUT2D eigenvalue weighted by Crippen LogP contribution is -2.42. The number of hydrogen-bond donors (Lipinski definition) is 1. The highest BCUT2D eigenvalue weighted by molar-refractivity contribution is 7.12. The molecular weight excluding hydrogens is 374 g/mol. The van der Waals surface area contributed by atoms with Crippen LogP contribution < -0.4 is 5.32 Å². The van der Waals surface area contributed by atoms with Crippen molar-refractivity contribution in [1.82, 2.24) is 25.0 Å². The first-order valence-corrected chi connectivity index (χ1v) is 10.1.